The SMILES string of the molecule is CCCC(=O)OCC(COC(=O)CCN1CCC(CCCC2CCN(C)CC2)CC1)OC(=O)CCCCC1CCSS1.CCCC(=O)OCC(COC(=O)CCN1CCN(C)CC1)NC(=O)CCCCC1CCSS1.CCCC(=O)OCC1(COC(=O)CCN2CCN(C)CC2)CSSC1.CCCC(=O)OCC1(COC(=O)CCN2CCN(CCCC3CCN(C)CC3)CC2)CSSC1. The number of amides is 1. The molecule has 0 saturated carbocycles. The zero-order valence-electron chi connectivity index (χ0n) is 83.1. The molecule has 0 bridgehead atoms. The Morgan fingerprint density at radius 1 is 0.299 bits per heavy atom. The maximum Gasteiger partial charge on any atom is 0.307 e. The third-order valence-corrected chi connectivity index (χ3v) is 38.4. The molecule has 0 radical (unpaired) electrons. The van der Waals surface area contributed by atoms with E-state index in [1.807, 2.05) is 70.9 Å². The molecule has 1 amide bonds. The second kappa shape index (κ2) is 70.8. The van der Waals surface area contributed by atoms with Crippen LogP contribution in [-0.2, 0) is 90.6 Å². The fourth-order valence-corrected chi connectivity index (χ4v) is 30.1. The van der Waals surface area contributed by atoms with E-state index in [9.17, 15) is 47.9 Å². The molecule has 10 rings (SSSR count). The maximum atomic E-state index is 12.5. The topological polar surface area (TPSA) is 295 Å². The summed E-state index contributed by atoms with van der Waals surface area (Å²) in [5.74, 6) is 6.24. The Morgan fingerprint density at radius 3 is 0.970 bits per heavy atom. The molecule has 0 aromatic heterocycles. The Kier molecular flexibility index (Phi) is 62.4. The summed E-state index contributed by atoms with van der Waals surface area (Å²) in [6.45, 7) is 32.5. The van der Waals surface area contributed by atoms with Gasteiger partial charge in [-0.1, -0.05) is 146 Å². The van der Waals surface area contributed by atoms with Crippen molar-refractivity contribution in [3.05, 3.63) is 0 Å². The molecule has 10 fully saturated rings. The summed E-state index contributed by atoms with van der Waals surface area (Å²) < 4.78 is 49.1. The molecule has 0 aromatic rings. The molecule has 4 atom stereocenters. The van der Waals surface area contributed by atoms with Gasteiger partial charge in [-0.05, 0) is 207 Å². The van der Waals surface area contributed by atoms with Crippen LogP contribution in [0.1, 0.15) is 240 Å². The molecular weight excluding hydrogens is 1870 g/mol. The molecule has 4 unspecified atom stereocenters. The number of hydrogen-bond acceptors (Lipinski definition) is 36. The smallest absolute Gasteiger partial charge is 0.307 e. The van der Waals surface area contributed by atoms with Gasteiger partial charge in [-0.2, -0.15) is 0 Å². The maximum absolute atomic E-state index is 12.5. The average Bonchev–Trinajstić information content (AvgIpc) is 1.71. The van der Waals surface area contributed by atoms with Crippen LogP contribution >= 0.6 is 86.4 Å². The number of likely N-dealkylation sites (tertiary alicyclic amines) is 3. The second-order valence-corrected chi connectivity index (χ2v) is 49.3. The van der Waals surface area contributed by atoms with Crippen molar-refractivity contribution in [1.29, 1.82) is 0 Å². The van der Waals surface area contributed by atoms with E-state index >= 15 is 0 Å². The van der Waals surface area contributed by atoms with Crippen LogP contribution in [0.15, 0.2) is 0 Å². The van der Waals surface area contributed by atoms with E-state index in [4.69, 9.17) is 42.6 Å². The minimum Gasteiger partial charge on any atom is -0.465 e. The third kappa shape index (κ3) is 53.5. The number of nitrogens with zero attached hydrogens (tertiary/aromatic N) is 9. The molecule has 134 heavy (non-hydrogen) atoms. The van der Waals surface area contributed by atoms with Crippen molar-refractivity contribution in [2.45, 2.75) is 262 Å². The van der Waals surface area contributed by atoms with E-state index in [1.165, 1.54) is 128 Å². The van der Waals surface area contributed by atoms with E-state index in [0.29, 0.717) is 127 Å². The Hall–Kier alpha value is -2.86. The molecule has 10 aliphatic heterocycles. The Bertz CT molecular complexity index is 3260. The van der Waals surface area contributed by atoms with Crippen molar-refractivity contribution >= 4 is 146 Å². The highest BCUT2D eigenvalue weighted by molar-refractivity contribution is 8.78. The first-order valence-corrected chi connectivity index (χ1v) is 60.8. The van der Waals surface area contributed by atoms with Crippen molar-refractivity contribution in [3.63, 3.8) is 0 Å². The Balaban J connectivity index is 0.000000247. The molecular formula is C97H172N10O19S8. The summed E-state index contributed by atoms with van der Waals surface area (Å²) in [6.07, 6.45) is 29.0. The molecule has 0 aliphatic carbocycles. The number of carbonyl (C=O) groups excluding carboxylic acids is 10. The largest absolute Gasteiger partial charge is 0.465 e. The summed E-state index contributed by atoms with van der Waals surface area (Å²) in [4.78, 5) is 143. The number of piperidine rings is 3. The summed E-state index contributed by atoms with van der Waals surface area (Å²) in [6, 6.07) is -0.521. The van der Waals surface area contributed by atoms with Gasteiger partial charge in [-0.25, -0.2) is 0 Å². The van der Waals surface area contributed by atoms with Crippen LogP contribution in [0.4, 0.5) is 0 Å². The quantitative estimate of drug-likeness (QED) is 0.0256. The molecule has 772 valence electrons. The molecule has 1 N–H and O–H groups in total. The minimum absolute atomic E-state index is 0.0165. The lowest BCUT2D eigenvalue weighted by Gasteiger charge is -2.35. The van der Waals surface area contributed by atoms with Crippen LogP contribution in [-0.4, -0.2) is 392 Å². The number of piperazine rings is 3. The first kappa shape index (κ1) is 118. The third-order valence-electron chi connectivity index (χ3n) is 26.7. The highest BCUT2D eigenvalue weighted by Gasteiger charge is 2.41. The van der Waals surface area contributed by atoms with Crippen molar-refractivity contribution < 1.29 is 90.6 Å². The highest BCUT2D eigenvalue weighted by atomic mass is 33.1. The van der Waals surface area contributed by atoms with Gasteiger partial charge in [0.05, 0.1) is 42.6 Å². The van der Waals surface area contributed by atoms with Gasteiger partial charge in [0, 0.05) is 188 Å². The average molecular weight is 2040 g/mol. The molecule has 10 heterocycles. The van der Waals surface area contributed by atoms with Gasteiger partial charge in [0.2, 0.25) is 5.91 Å². The van der Waals surface area contributed by atoms with E-state index in [1.54, 1.807) is 43.2 Å². The first-order chi connectivity index (χ1) is 64.9. The van der Waals surface area contributed by atoms with Crippen molar-refractivity contribution in [2.75, 3.05) is 266 Å². The zero-order valence-corrected chi connectivity index (χ0v) is 89.6. The molecule has 0 spiro atoms. The van der Waals surface area contributed by atoms with Gasteiger partial charge in [-0.15, -0.1) is 0 Å². The number of hydrogen-bond donors (Lipinski definition) is 1. The molecule has 37 heteroatoms. The van der Waals surface area contributed by atoms with Gasteiger partial charge in [-0.3, -0.25) is 47.9 Å². The van der Waals surface area contributed by atoms with E-state index in [-0.39, 0.29) is 96.9 Å². The van der Waals surface area contributed by atoms with E-state index in [0.717, 1.165) is 197 Å². The van der Waals surface area contributed by atoms with Crippen LogP contribution in [0, 0.1) is 28.6 Å². The second-order valence-electron chi connectivity index (χ2n) is 38.8. The predicted molar refractivity (Wildman–Crippen MR) is 550 cm³/mol. The van der Waals surface area contributed by atoms with Gasteiger partial charge in [0.25, 0.3) is 0 Å². The minimum atomic E-state index is -0.769. The normalized spacial score (nSPS) is 21.5. The molecule has 10 saturated heterocycles. The molecule has 10 aliphatic rings. The van der Waals surface area contributed by atoms with Crippen LogP contribution in [0.25, 0.3) is 0 Å². The van der Waals surface area contributed by atoms with Crippen LogP contribution < -0.4 is 5.32 Å². The number of rotatable bonds is 56. The summed E-state index contributed by atoms with van der Waals surface area (Å²) in [5, 5.41) is 4.30. The Morgan fingerprint density at radius 2 is 0.604 bits per heavy atom. The fraction of sp³-hybridized carbons (Fsp3) is 0.897. The number of unbranched alkanes of at least 4 members (excludes halogenated alkanes) is 2. The van der Waals surface area contributed by atoms with Crippen molar-refractivity contribution in [3.8, 4) is 0 Å². The number of carbonyl (C=O) groups is 10. The fourth-order valence-electron chi connectivity index (χ4n) is 17.3. The van der Waals surface area contributed by atoms with Crippen molar-refractivity contribution in [1.82, 2.24) is 49.4 Å². The van der Waals surface area contributed by atoms with Gasteiger partial charge >= 0.3 is 53.7 Å². The molecule has 0 aromatic carbocycles. The highest BCUT2D eigenvalue weighted by Crippen LogP contribution is 2.46. The number of likely N-dealkylation sites (N-methyl/N-ethyl adjacent to an activating group) is 2. The summed E-state index contributed by atoms with van der Waals surface area (Å²) >= 11 is 0. The summed E-state index contributed by atoms with van der Waals surface area (Å²) in [7, 11) is 23.5. The number of ether oxygens (including phenoxy) is 9. The lowest BCUT2D eigenvalue weighted by molar-refractivity contribution is -0.167. The van der Waals surface area contributed by atoms with Gasteiger partial charge in [0.1, 0.15) is 52.9 Å². The van der Waals surface area contributed by atoms with Crippen LogP contribution in [0.5, 0.6) is 0 Å². The van der Waals surface area contributed by atoms with Crippen molar-refractivity contribution in [2.24, 2.45) is 28.6 Å². The van der Waals surface area contributed by atoms with Crippen LogP contribution in [0.3, 0.4) is 0 Å². The number of esters is 9. The lowest BCUT2D eigenvalue weighted by Crippen LogP contribution is -2.47. The van der Waals surface area contributed by atoms with E-state index < -0.39 is 12.1 Å². The predicted octanol–water partition coefficient (Wildman–Crippen LogP) is 14.1. The zero-order chi connectivity index (χ0) is 96.2. The monoisotopic (exact) mass is 2040 g/mol. The summed E-state index contributed by atoms with van der Waals surface area (Å²) in [5.41, 5.74) is -0.476. The van der Waals surface area contributed by atoms with Gasteiger partial charge in [0.15, 0.2) is 6.10 Å². The van der Waals surface area contributed by atoms with Crippen LogP contribution in [0.2, 0.25) is 0 Å². The Labute approximate surface area is 836 Å². The molecule has 29 nitrogen and oxygen atoms in total. The number of nitrogens with one attached hydrogen (secondary N) is 1. The standard InChI is InChI=1S/C32H56N2O6S2.C25H45N3O4S2.C23H41N3O5S2.C17H30N2O4S2/c1-3-7-30(35)38-24-28(40-32(37)11-5-4-10-29-17-23-41-42-29)25-39-31(36)16-22-34-20-14-27(15-21-34)9-6-8-26-12-18-33(2)19-13-26;1-3-5-23(29)31-18-25(20-33-34-21-25)19-32-24(30)9-13-28-16-14-27(15-17-28)10-4-6-22-7-11-26(2)12-8-22;1-3-6-22(28)30-17-19(24-21(27)8-5-4-7-20-10-16-32-33-20)18-31-23(29)9-11-26-14-12-25(2)13-15-26;1-3-4-15(20)22-11-17(13-24-25-14-17)12-23-16(21)5-6-19-9-7-18(2)8-10-19/h26-29H,3-25H2,1-2H3;22H,3-21H2,1-2H3;19-20H,3-18H2,1-2H3,(H,24,27);3-14H2,1-2H3. The first-order valence-electron chi connectivity index (χ1n) is 51.0. The van der Waals surface area contributed by atoms with E-state index in [2.05, 4.69) is 77.6 Å². The van der Waals surface area contributed by atoms with Gasteiger partial charge < -0.3 is 92.0 Å². The lowest BCUT2D eigenvalue weighted by atomic mass is 9.87.